The van der Waals surface area contributed by atoms with Gasteiger partial charge in [-0.15, -0.1) is 0 Å². The Morgan fingerprint density at radius 2 is 2.00 bits per heavy atom. The zero-order valence-electron chi connectivity index (χ0n) is 11.6. The van der Waals surface area contributed by atoms with E-state index in [4.69, 9.17) is 11.6 Å². The molecule has 1 N–H and O–H groups in total. The smallest absolute Gasteiger partial charge is 0.222 e. The normalized spacial score (nSPS) is 20.0. The number of amides is 1. The zero-order valence-corrected chi connectivity index (χ0v) is 12.4. The Morgan fingerprint density at radius 1 is 1.30 bits per heavy atom. The minimum absolute atomic E-state index is 0.122. The number of aromatic nitrogens is 2. The van der Waals surface area contributed by atoms with Crippen molar-refractivity contribution in [2.75, 3.05) is 25.0 Å². The second kappa shape index (κ2) is 5.56. The fraction of sp³-hybridized carbons (Fsp3) is 0.643. The lowest BCUT2D eigenvalue weighted by Gasteiger charge is -2.32. The standard InChI is InChI=1S/C14H19ClN4O/c1-16-14(20)10-4-6-19(7-5-10)12-8-11(15)17-13(18-12)9-2-3-9/h8-10H,2-7H2,1H3,(H,16,20). The van der Waals surface area contributed by atoms with Gasteiger partial charge in [-0.2, -0.15) is 0 Å². The lowest BCUT2D eigenvalue weighted by molar-refractivity contribution is -0.125. The van der Waals surface area contributed by atoms with Crippen LogP contribution < -0.4 is 10.2 Å². The lowest BCUT2D eigenvalue weighted by atomic mass is 9.96. The van der Waals surface area contributed by atoms with Crippen LogP contribution in [-0.2, 0) is 4.79 Å². The van der Waals surface area contributed by atoms with Crippen LogP contribution in [-0.4, -0.2) is 36.0 Å². The van der Waals surface area contributed by atoms with Gasteiger partial charge in [0.1, 0.15) is 16.8 Å². The van der Waals surface area contributed by atoms with Crippen LogP contribution in [0.2, 0.25) is 5.15 Å². The average Bonchev–Trinajstić information content (AvgIpc) is 3.30. The number of hydrogen-bond donors (Lipinski definition) is 1. The molecule has 0 unspecified atom stereocenters. The Hall–Kier alpha value is -1.36. The number of anilines is 1. The van der Waals surface area contributed by atoms with Crippen molar-refractivity contribution in [2.24, 2.45) is 5.92 Å². The number of rotatable bonds is 3. The highest BCUT2D eigenvalue weighted by Crippen LogP contribution is 2.39. The minimum Gasteiger partial charge on any atom is -0.359 e. The van der Waals surface area contributed by atoms with E-state index in [1.54, 1.807) is 7.05 Å². The van der Waals surface area contributed by atoms with Gasteiger partial charge in [0.15, 0.2) is 0 Å². The van der Waals surface area contributed by atoms with Crippen molar-refractivity contribution in [3.05, 3.63) is 17.0 Å². The van der Waals surface area contributed by atoms with E-state index in [2.05, 4.69) is 20.2 Å². The third-order valence-corrected chi connectivity index (χ3v) is 4.27. The molecule has 6 heteroatoms. The average molecular weight is 295 g/mol. The largest absolute Gasteiger partial charge is 0.359 e. The third kappa shape index (κ3) is 2.87. The summed E-state index contributed by atoms with van der Waals surface area (Å²) in [6.07, 6.45) is 4.05. The van der Waals surface area contributed by atoms with Crippen molar-refractivity contribution in [3.8, 4) is 0 Å². The molecule has 20 heavy (non-hydrogen) atoms. The maximum absolute atomic E-state index is 11.6. The van der Waals surface area contributed by atoms with Gasteiger partial charge in [-0.3, -0.25) is 4.79 Å². The molecular formula is C14H19ClN4O. The molecular weight excluding hydrogens is 276 g/mol. The molecule has 1 saturated carbocycles. The molecule has 108 valence electrons. The fourth-order valence-electron chi connectivity index (χ4n) is 2.68. The third-order valence-electron chi connectivity index (χ3n) is 4.08. The second-order valence-corrected chi connectivity index (χ2v) is 5.94. The molecule has 0 atom stereocenters. The predicted octanol–water partition coefficient (Wildman–Crippen LogP) is 1.97. The molecule has 2 heterocycles. The first kappa shape index (κ1) is 13.6. The highest BCUT2D eigenvalue weighted by atomic mass is 35.5. The van der Waals surface area contributed by atoms with Crippen LogP contribution >= 0.6 is 11.6 Å². The number of carbonyl (C=O) groups is 1. The first-order valence-electron chi connectivity index (χ1n) is 7.18. The topological polar surface area (TPSA) is 58.1 Å². The van der Waals surface area contributed by atoms with E-state index in [0.29, 0.717) is 11.1 Å². The van der Waals surface area contributed by atoms with Crippen LogP contribution in [0.25, 0.3) is 0 Å². The summed E-state index contributed by atoms with van der Waals surface area (Å²) in [5.74, 6) is 2.54. The summed E-state index contributed by atoms with van der Waals surface area (Å²) in [6, 6.07) is 1.83. The van der Waals surface area contributed by atoms with Crippen molar-refractivity contribution < 1.29 is 4.79 Å². The van der Waals surface area contributed by atoms with E-state index in [1.807, 2.05) is 6.07 Å². The lowest BCUT2D eigenvalue weighted by Crippen LogP contribution is -2.40. The molecule has 2 fully saturated rings. The van der Waals surface area contributed by atoms with Crippen molar-refractivity contribution in [3.63, 3.8) is 0 Å². The molecule has 0 spiro atoms. The number of nitrogens with zero attached hydrogens (tertiary/aromatic N) is 3. The highest BCUT2D eigenvalue weighted by Gasteiger charge is 2.29. The van der Waals surface area contributed by atoms with E-state index in [0.717, 1.165) is 37.6 Å². The van der Waals surface area contributed by atoms with Crippen molar-refractivity contribution in [2.45, 2.75) is 31.6 Å². The van der Waals surface area contributed by atoms with Gasteiger partial charge in [0.05, 0.1) is 0 Å². The Labute approximate surface area is 123 Å². The van der Waals surface area contributed by atoms with Gasteiger partial charge in [0.25, 0.3) is 0 Å². The SMILES string of the molecule is CNC(=O)C1CCN(c2cc(Cl)nc(C3CC3)n2)CC1. The van der Waals surface area contributed by atoms with Crippen LogP contribution in [0.1, 0.15) is 37.4 Å². The van der Waals surface area contributed by atoms with E-state index < -0.39 is 0 Å². The first-order chi connectivity index (χ1) is 9.67. The van der Waals surface area contributed by atoms with Crippen LogP contribution in [0, 0.1) is 5.92 Å². The Balaban J connectivity index is 1.70. The molecule has 0 aromatic carbocycles. The molecule has 1 saturated heterocycles. The molecule has 1 aliphatic carbocycles. The molecule has 0 radical (unpaired) electrons. The van der Waals surface area contributed by atoms with E-state index in [1.165, 1.54) is 12.8 Å². The van der Waals surface area contributed by atoms with Gasteiger partial charge in [0, 0.05) is 38.0 Å². The quantitative estimate of drug-likeness (QED) is 0.866. The number of halogens is 1. The predicted molar refractivity (Wildman–Crippen MR) is 78.0 cm³/mol. The Bertz CT molecular complexity index is 510. The monoisotopic (exact) mass is 294 g/mol. The molecule has 5 nitrogen and oxygen atoms in total. The van der Waals surface area contributed by atoms with Gasteiger partial charge >= 0.3 is 0 Å². The maximum atomic E-state index is 11.6. The molecule has 0 bridgehead atoms. The van der Waals surface area contributed by atoms with Crippen molar-refractivity contribution in [1.82, 2.24) is 15.3 Å². The molecule has 3 rings (SSSR count). The highest BCUT2D eigenvalue weighted by molar-refractivity contribution is 6.29. The summed E-state index contributed by atoms with van der Waals surface area (Å²) in [4.78, 5) is 22.8. The van der Waals surface area contributed by atoms with Gasteiger partial charge in [-0.25, -0.2) is 9.97 Å². The van der Waals surface area contributed by atoms with Crippen LogP contribution in [0.4, 0.5) is 5.82 Å². The van der Waals surface area contributed by atoms with Crippen LogP contribution in [0.3, 0.4) is 0 Å². The summed E-state index contributed by atoms with van der Waals surface area (Å²) in [7, 11) is 1.70. The second-order valence-electron chi connectivity index (χ2n) is 5.56. The van der Waals surface area contributed by atoms with E-state index >= 15 is 0 Å². The first-order valence-corrected chi connectivity index (χ1v) is 7.56. The van der Waals surface area contributed by atoms with Crippen molar-refractivity contribution >= 4 is 23.3 Å². The maximum Gasteiger partial charge on any atom is 0.222 e. The van der Waals surface area contributed by atoms with Crippen molar-refractivity contribution in [1.29, 1.82) is 0 Å². The van der Waals surface area contributed by atoms with E-state index in [9.17, 15) is 4.79 Å². The molecule has 1 aromatic heterocycles. The van der Waals surface area contributed by atoms with Crippen LogP contribution in [0.15, 0.2) is 6.07 Å². The number of hydrogen-bond acceptors (Lipinski definition) is 4. The summed E-state index contributed by atoms with van der Waals surface area (Å²) in [5.41, 5.74) is 0. The Kier molecular flexibility index (Phi) is 3.78. The summed E-state index contributed by atoms with van der Waals surface area (Å²) in [6.45, 7) is 1.69. The molecule has 1 amide bonds. The fourth-order valence-corrected chi connectivity index (χ4v) is 2.87. The zero-order chi connectivity index (χ0) is 14.1. The minimum atomic E-state index is 0.122. The van der Waals surface area contributed by atoms with Gasteiger partial charge < -0.3 is 10.2 Å². The number of nitrogens with one attached hydrogen (secondary N) is 1. The number of carbonyl (C=O) groups excluding carboxylic acids is 1. The Morgan fingerprint density at radius 3 is 2.60 bits per heavy atom. The summed E-state index contributed by atoms with van der Waals surface area (Å²) >= 11 is 6.10. The van der Waals surface area contributed by atoms with Gasteiger partial charge in [0.2, 0.25) is 5.91 Å². The van der Waals surface area contributed by atoms with E-state index in [-0.39, 0.29) is 11.8 Å². The summed E-state index contributed by atoms with van der Waals surface area (Å²) in [5, 5.41) is 3.25. The van der Waals surface area contributed by atoms with Gasteiger partial charge in [-0.1, -0.05) is 11.6 Å². The summed E-state index contributed by atoms with van der Waals surface area (Å²) < 4.78 is 0. The van der Waals surface area contributed by atoms with Crippen LogP contribution in [0.5, 0.6) is 0 Å². The molecule has 2 aliphatic rings. The van der Waals surface area contributed by atoms with Gasteiger partial charge in [-0.05, 0) is 25.7 Å². The molecule has 1 aliphatic heterocycles. The molecule has 1 aromatic rings. The number of piperidine rings is 1.